The molecule has 3 heteroatoms. The van der Waals surface area contributed by atoms with Crippen LogP contribution in [0, 0.1) is 5.92 Å². The third-order valence-electron chi connectivity index (χ3n) is 1.94. The third kappa shape index (κ3) is 2.70. The van der Waals surface area contributed by atoms with Crippen molar-refractivity contribution in [2.45, 2.75) is 13.5 Å². The first-order valence-electron chi connectivity index (χ1n) is 4.37. The molecular weight excluding hydrogens is 166 g/mol. The number of aromatic nitrogens is 1. The number of ether oxygens (including phenoxy) is 1. The Labute approximate surface area is 78.3 Å². The molecule has 0 aliphatic heterocycles. The maximum absolute atomic E-state index is 10.6. The lowest BCUT2D eigenvalue weighted by Crippen LogP contribution is -2.13. The summed E-state index contributed by atoms with van der Waals surface area (Å²) in [5.41, 5.74) is 0.725. The van der Waals surface area contributed by atoms with Gasteiger partial charge in [0.05, 0.1) is 12.3 Å². The fraction of sp³-hybridized carbons (Fsp3) is 0.500. The largest absolute Gasteiger partial charge is 0.384 e. The molecule has 0 N–H and O–H groups in total. The molecule has 0 amide bonds. The first kappa shape index (κ1) is 9.99. The monoisotopic (exact) mass is 181 g/mol. The lowest BCUT2D eigenvalue weighted by Gasteiger charge is -2.12. The van der Waals surface area contributed by atoms with Gasteiger partial charge in [-0.15, -0.1) is 0 Å². The van der Waals surface area contributed by atoms with Gasteiger partial charge in [-0.2, -0.15) is 0 Å². The topological polar surface area (TPSA) is 31.2 Å². The second-order valence-electron chi connectivity index (χ2n) is 3.26. The minimum Gasteiger partial charge on any atom is -0.384 e. The van der Waals surface area contributed by atoms with E-state index in [9.17, 15) is 4.79 Å². The number of aldehydes is 1. The van der Waals surface area contributed by atoms with Crippen molar-refractivity contribution in [3.8, 4) is 0 Å². The van der Waals surface area contributed by atoms with E-state index in [0.717, 1.165) is 25.1 Å². The predicted octanol–water partition coefficient (Wildman–Crippen LogP) is 1.58. The Morgan fingerprint density at radius 2 is 2.46 bits per heavy atom. The highest BCUT2D eigenvalue weighted by atomic mass is 16.5. The zero-order valence-corrected chi connectivity index (χ0v) is 8.06. The second-order valence-corrected chi connectivity index (χ2v) is 3.26. The van der Waals surface area contributed by atoms with Crippen LogP contribution in [-0.2, 0) is 11.3 Å². The Bertz CT molecular complexity index is 268. The van der Waals surface area contributed by atoms with Gasteiger partial charge in [-0.3, -0.25) is 4.79 Å². The van der Waals surface area contributed by atoms with Crippen molar-refractivity contribution in [3.05, 3.63) is 24.0 Å². The molecule has 0 aromatic carbocycles. The first-order chi connectivity index (χ1) is 6.27. The van der Waals surface area contributed by atoms with Crippen molar-refractivity contribution in [1.29, 1.82) is 0 Å². The number of hydrogen-bond acceptors (Lipinski definition) is 2. The van der Waals surface area contributed by atoms with E-state index in [1.165, 1.54) is 0 Å². The molecule has 72 valence electrons. The fourth-order valence-corrected chi connectivity index (χ4v) is 1.37. The molecule has 0 saturated heterocycles. The number of carbonyl (C=O) groups excluding carboxylic acids is 1. The lowest BCUT2D eigenvalue weighted by atomic mass is 10.2. The highest BCUT2D eigenvalue weighted by Crippen LogP contribution is 2.05. The third-order valence-corrected chi connectivity index (χ3v) is 1.94. The van der Waals surface area contributed by atoms with Crippen LogP contribution in [-0.4, -0.2) is 24.6 Å². The van der Waals surface area contributed by atoms with E-state index in [2.05, 4.69) is 6.92 Å². The molecule has 13 heavy (non-hydrogen) atoms. The van der Waals surface area contributed by atoms with Crippen molar-refractivity contribution < 1.29 is 9.53 Å². The number of methoxy groups -OCH3 is 1. The summed E-state index contributed by atoms with van der Waals surface area (Å²) in [5, 5.41) is 0. The summed E-state index contributed by atoms with van der Waals surface area (Å²) in [6.07, 6.45) is 2.79. The summed E-state index contributed by atoms with van der Waals surface area (Å²) < 4.78 is 6.97. The molecule has 1 aromatic heterocycles. The maximum atomic E-state index is 10.6. The standard InChI is InChI=1S/C10H15NO2/c1-9(8-13-2)6-11-5-3-4-10(11)7-12/h3-5,7,9H,6,8H2,1-2H3. The van der Waals surface area contributed by atoms with Crippen LogP contribution in [0.2, 0.25) is 0 Å². The van der Waals surface area contributed by atoms with Crippen LogP contribution in [0.1, 0.15) is 17.4 Å². The Balaban J connectivity index is 2.57. The average molecular weight is 181 g/mol. The van der Waals surface area contributed by atoms with E-state index >= 15 is 0 Å². The molecule has 0 bridgehead atoms. The summed E-state index contributed by atoms with van der Waals surface area (Å²) in [6, 6.07) is 3.69. The quantitative estimate of drug-likeness (QED) is 0.646. The van der Waals surface area contributed by atoms with Crippen molar-refractivity contribution in [3.63, 3.8) is 0 Å². The molecule has 0 spiro atoms. The van der Waals surface area contributed by atoms with Crippen molar-refractivity contribution in [2.24, 2.45) is 5.92 Å². The fourth-order valence-electron chi connectivity index (χ4n) is 1.37. The van der Waals surface area contributed by atoms with Crippen LogP contribution in [0.5, 0.6) is 0 Å². The SMILES string of the molecule is COCC(C)Cn1cccc1C=O. The van der Waals surface area contributed by atoms with Crippen molar-refractivity contribution in [1.82, 2.24) is 4.57 Å². The summed E-state index contributed by atoms with van der Waals surface area (Å²) in [7, 11) is 1.69. The van der Waals surface area contributed by atoms with E-state index in [1.54, 1.807) is 7.11 Å². The smallest absolute Gasteiger partial charge is 0.166 e. The van der Waals surface area contributed by atoms with E-state index in [1.807, 2.05) is 22.9 Å². The normalized spacial score (nSPS) is 12.8. The maximum Gasteiger partial charge on any atom is 0.166 e. The van der Waals surface area contributed by atoms with Crippen LogP contribution in [0.25, 0.3) is 0 Å². The highest BCUT2D eigenvalue weighted by molar-refractivity contribution is 5.72. The Hall–Kier alpha value is -1.09. The van der Waals surface area contributed by atoms with Gasteiger partial charge in [0.2, 0.25) is 0 Å². The number of hydrogen-bond donors (Lipinski definition) is 0. The Morgan fingerprint density at radius 1 is 1.69 bits per heavy atom. The second kappa shape index (κ2) is 4.82. The molecule has 1 unspecified atom stereocenters. The molecule has 1 heterocycles. The van der Waals surface area contributed by atoms with Gasteiger partial charge in [0.15, 0.2) is 6.29 Å². The average Bonchev–Trinajstić information content (AvgIpc) is 2.52. The van der Waals surface area contributed by atoms with Gasteiger partial charge in [0.1, 0.15) is 0 Å². The van der Waals surface area contributed by atoms with E-state index in [0.29, 0.717) is 5.92 Å². The van der Waals surface area contributed by atoms with E-state index in [-0.39, 0.29) is 0 Å². The summed E-state index contributed by atoms with van der Waals surface area (Å²) in [6.45, 7) is 3.64. The molecule has 1 atom stereocenters. The summed E-state index contributed by atoms with van der Waals surface area (Å²) in [4.78, 5) is 10.6. The van der Waals surface area contributed by atoms with Gasteiger partial charge >= 0.3 is 0 Å². The number of nitrogens with zero attached hydrogens (tertiary/aromatic N) is 1. The van der Waals surface area contributed by atoms with Crippen LogP contribution in [0.3, 0.4) is 0 Å². The van der Waals surface area contributed by atoms with Crippen molar-refractivity contribution >= 4 is 6.29 Å². The predicted molar refractivity (Wildman–Crippen MR) is 50.9 cm³/mol. The van der Waals surface area contributed by atoms with Crippen LogP contribution < -0.4 is 0 Å². The summed E-state index contributed by atoms with van der Waals surface area (Å²) >= 11 is 0. The molecule has 0 aliphatic carbocycles. The zero-order chi connectivity index (χ0) is 9.68. The minimum absolute atomic E-state index is 0.427. The van der Waals surface area contributed by atoms with Gasteiger partial charge in [-0.25, -0.2) is 0 Å². The summed E-state index contributed by atoms with van der Waals surface area (Å²) in [5.74, 6) is 0.427. The van der Waals surface area contributed by atoms with Gasteiger partial charge < -0.3 is 9.30 Å². The molecule has 3 nitrogen and oxygen atoms in total. The molecule has 0 fully saturated rings. The van der Waals surface area contributed by atoms with Gasteiger partial charge in [-0.1, -0.05) is 6.92 Å². The molecular formula is C10H15NO2. The number of carbonyl (C=O) groups is 1. The van der Waals surface area contributed by atoms with Crippen LogP contribution in [0.15, 0.2) is 18.3 Å². The van der Waals surface area contributed by atoms with E-state index in [4.69, 9.17) is 4.74 Å². The molecule has 0 radical (unpaired) electrons. The van der Waals surface area contributed by atoms with E-state index < -0.39 is 0 Å². The van der Waals surface area contributed by atoms with Gasteiger partial charge in [0, 0.05) is 19.9 Å². The first-order valence-corrected chi connectivity index (χ1v) is 4.37. The highest BCUT2D eigenvalue weighted by Gasteiger charge is 2.04. The lowest BCUT2D eigenvalue weighted by molar-refractivity contribution is 0.111. The zero-order valence-electron chi connectivity index (χ0n) is 8.06. The van der Waals surface area contributed by atoms with Gasteiger partial charge in [0.25, 0.3) is 0 Å². The minimum atomic E-state index is 0.427. The molecule has 0 saturated carbocycles. The van der Waals surface area contributed by atoms with Crippen molar-refractivity contribution in [2.75, 3.05) is 13.7 Å². The van der Waals surface area contributed by atoms with Crippen LogP contribution in [0.4, 0.5) is 0 Å². The van der Waals surface area contributed by atoms with Crippen LogP contribution >= 0.6 is 0 Å². The van der Waals surface area contributed by atoms with Gasteiger partial charge in [-0.05, 0) is 18.1 Å². The molecule has 1 rings (SSSR count). The molecule has 0 aliphatic rings. The molecule has 1 aromatic rings. The Morgan fingerprint density at radius 3 is 3.08 bits per heavy atom. The Kier molecular flexibility index (Phi) is 3.71. The number of rotatable bonds is 5.